The van der Waals surface area contributed by atoms with Gasteiger partial charge in [0.1, 0.15) is 0 Å². The van der Waals surface area contributed by atoms with Crippen LogP contribution in [0.3, 0.4) is 0 Å². The van der Waals surface area contributed by atoms with Crippen LogP contribution < -0.4 is 4.90 Å². The van der Waals surface area contributed by atoms with Crippen molar-refractivity contribution in [2.45, 2.75) is 0 Å². The number of hydrogen-bond acceptors (Lipinski definition) is 4. The van der Waals surface area contributed by atoms with Crippen LogP contribution in [-0.2, 0) is 0 Å². The highest BCUT2D eigenvalue weighted by molar-refractivity contribution is 5.37. The van der Waals surface area contributed by atoms with E-state index in [4.69, 9.17) is 16.1 Å². The third kappa shape index (κ3) is 1.64. The molecule has 0 aliphatic rings. The van der Waals surface area contributed by atoms with Crippen molar-refractivity contribution in [1.29, 1.82) is 0 Å². The van der Waals surface area contributed by atoms with Crippen LogP contribution in [0.5, 0.6) is 5.88 Å². The van der Waals surface area contributed by atoms with Crippen molar-refractivity contribution in [3.8, 4) is 18.2 Å². The van der Waals surface area contributed by atoms with Crippen molar-refractivity contribution in [1.82, 2.24) is 5.16 Å². The SMILES string of the molecule is C#CCN(C)c1cc(O)no1. The summed E-state index contributed by atoms with van der Waals surface area (Å²) in [5.74, 6) is 2.76. The second-order valence-electron chi connectivity index (χ2n) is 2.08. The predicted molar refractivity (Wildman–Crippen MR) is 40.3 cm³/mol. The number of hydrogen-bond donors (Lipinski definition) is 1. The standard InChI is InChI=1S/C7H8N2O2/c1-3-4-9(2)7-5-6(10)8-11-7/h1,5H,4H2,2H3,(H,8,10). The zero-order valence-corrected chi connectivity index (χ0v) is 6.11. The van der Waals surface area contributed by atoms with E-state index in [0.29, 0.717) is 12.4 Å². The second kappa shape index (κ2) is 2.97. The Bertz CT molecular complexity index is 274. The fourth-order valence-electron chi connectivity index (χ4n) is 0.651. The first kappa shape index (κ1) is 7.48. The van der Waals surface area contributed by atoms with Crippen molar-refractivity contribution in [3.63, 3.8) is 0 Å². The Labute approximate surface area is 64.4 Å². The highest BCUT2D eigenvalue weighted by Crippen LogP contribution is 2.16. The smallest absolute Gasteiger partial charge is 0.253 e. The molecule has 4 nitrogen and oxygen atoms in total. The molecule has 0 radical (unpaired) electrons. The summed E-state index contributed by atoms with van der Waals surface area (Å²) in [5.41, 5.74) is 0. The minimum absolute atomic E-state index is 0.135. The molecule has 0 amide bonds. The number of aromatic hydroxyl groups is 1. The van der Waals surface area contributed by atoms with Gasteiger partial charge in [-0.05, 0) is 5.16 Å². The van der Waals surface area contributed by atoms with Gasteiger partial charge in [-0.1, -0.05) is 5.92 Å². The van der Waals surface area contributed by atoms with E-state index < -0.39 is 0 Å². The van der Waals surface area contributed by atoms with Gasteiger partial charge in [0.15, 0.2) is 0 Å². The van der Waals surface area contributed by atoms with E-state index in [1.54, 1.807) is 11.9 Å². The molecule has 58 valence electrons. The molecule has 11 heavy (non-hydrogen) atoms. The normalized spacial score (nSPS) is 9.09. The van der Waals surface area contributed by atoms with Gasteiger partial charge in [0.2, 0.25) is 5.88 Å². The molecular formula is C7H8N2O2. The minimum Gasteiger partial charge on any atom is -0.491 e. The Morgan fingerprint density at radius 2 is 2.64 bits per heavy atom. The van der Waals surface area contributed by atoms with E-state index >= 15 is 0 Å². The molecule has 0 fully saturated rings. The lowest BCUT2D eigenvalue weighted by atomic mass is 10.5. The number of aromatic nitrogens is 1. The Kier molecular flexibility index (Phi) is 2.02. The van der Waals surface area contributed by atoms with Gasteiger partial charge in [-0.2, -0.15) is 0 Å². The Balaban J connectivity index is 2.70. The van der Waals surface area contributed by atoms with Crippen LogP contribution in [0.4, 0.5) is 5.88 Å². The maximum atomic E-state index is 8.79. The summed E-state index contributed by atoms with van der Waals surface area (Å²) in [4.78, 5) is 1.66. The first-order chi connectivity index (χ1) is 5.24. The molecule has 1 aromatic heterocycles. The van der Waals surface area contributed by atoms with E-state index in [0.717, 1.165) is 0 Å². The molecule has 0 spiro atoms. The number of anilines is 1. The van der Waals surface area contributed by atoms with Gasteiger partial charge in [0, 0.05) is 7.05 Å². The average molecular weight is 152 g/mol. The molecular weight excluding hydrogens is 144 g/mol. The van der Waals surface area contributed by atoms with Crippen molar-refractivity contribution < 1.29 is 9.63 Å². The molecule has 0 saturated heterocycles. The summed E-state index contributed by atoms with van der Waals surface area (Å²) in [6, 6.07) is 1.40. The second-order valence-corrected chi connectivity index (χ2v) is 2.08. The largest absolute Gasteiger partial charge is 0.491 e. The maximum Gasteiger partial charge on any atom is 0.253 e. The molecule has 1 aromatic rings. The summed E-state index contributed by atoms with van der Waals surface area (Å²) in [6.45, 7) is 0.425. The summed E-state index contributed by atoms with van der Waals surface area (Å²) < 4.78 is 4.71. The molecule has 4 heteroatoms. The van der Waals surface area contributed by atoms with Gasteiger partial charge in [0.05, 0.1) is 12.6 Å². The van der Waals surface area contributed by atoms with Crippen LogP contribution >= 0.6 is 0 Å². The highest BCUT2D eigenvalue weighted by atomic mass is 16.5. The Morgan fingerprint density at radius 3 is 3.09 bits per heavy atom. The van der Waals surface area contributed by atoms with Gasteiger partial charge in [-0.3, -0.25) is 0 Å². The molecule has 1 rings (SSSR count). The third-order valence-electron chi connectivity index (χ3n) is 1.19. The minimum atomic E-state index is -0.135. The molecule has 0 aliphatic heterocycles. The molecule has 0 aromatic carbocycles. The fraction of sp³-hybridized carbons (Fsp3) is 0.286. The van der Waals surface area contributed by atoms with Crippen molar-refractivity contribution in [3.05, 3.63) is 6.07 Å². The van der Waals surface area contributed by atoms with Crippen LogP contribution in [0.2, 0.25) is 0 Å². The lowest BCUT2D eigenvalue weighted by molar-refractivity contribution is 0.362. The van der Waals surface area contributed by atoms with Crippen molar-refractivity contribution in [2.24, 2.45) is 0 Å². The molecule has 0 bridgehead atoms. The molecule has 1 heterocycles. The van der Waals surface area contributed by atoms with Gasteiger partial charge >= 0.3 is 0 Å². The summed E-state index contributed by atoms with van der Waals surface area (Å²) in [7, 11) is 1.75. The summed E-state index contributed by atoms with van der Waals surface area (Å²) in [6.07, 6.45) is 5.06. The van der Waals surface area contributed by atoms with Crippen LogP contribution in [0, 0.1) is 12.3 Å². The molecule has 0 unspecified atom stereocenters. The van der Waals surface area contributed by atoms with Crippen LogP contribution in [0.1, 0.15) is 0 Å². The van der Waals surface area contributed by atoms with E-state index in [9.17, 15) is 0 Å². The number of rotatable bonds is 2. The van der Waals surface area contributed by atoms with Crippen LogP contribution in [-0.4, -0.2) is 23.9 Å². The van der Waals surface area contributed by atoms with E-state index in [2.05, 4.69) is 11.1 Å². The van der Waals surface area contributed by atoms with Crippen molar-refractivity contribution >= 4 is 5.88 Å². The van der Waals surface area contributed by atoms with Crippen LogP contribution in [0.25, 0.3) is 0 Å². The first-order valence-electron chi connectivity index (χ1n) is 3.04. The van der Waals surface area contributed by atoms with Gasteiger partial charge < -0.3 is 14.5 Å². The lowest BCUT2D eigenvalue weighted by Crippen LogP contribution is -2.15. The Morgan fingerprint density at radius 1 is 1.91 bits per heavy atom. The van der Waals surface area contributed by atoms with E-state index in [1.807, 2.05) is 0 Å². The van der Waals surface area contributed by atoms with Gasteiger partial charge in [-0.25, -0.2) is 0 Å². The molecule has 0 saturated carbocycles. The zero-order valence-electron chi connectivity index (χ0n) is 6.11. The first-order valence-corrected chi connectivity index (χ1v) is 3.04. The van der Waals surface area contributed by atoms with Gasteiger partial charge in [0.25, 0.3) is 5.88 Å². The number of nitrogens with zero attached hydrogens (tertiary/aromatic N) is 2. The maximum absolute atomic E-state index is 8.79. The van der Waals surface area contributed by atoms with Crippen LogP contribution in [0.15, 0.2) is 10.6 Å². The predicted octanol–water partition coefficient (Wildman–Crippen LogP) is 0.450. The lowest BCUT2D eigenvalue weighted by Gasteiger charge is -2.08. The van der Waals surface area contributed by atoms with E-state index in [-0.39, 0.29) is 5.88 Å². The zero-order chi connectivity index (χ0) is 8.27. The number of terminal acetylenes is 1. The summed E-state index contributed by atoms with van der Waals surface area (Å²) >= 11 is 0. The highest BCUT2D eigenvalue weighted by Gasteiger charge is 2.05. The quantitative estimate of drug-likeness (QED) is 0.625. The molecule has 1 N–H and O–H groups in total. The topological polar surface area (TPSA) is 49.5 Å². The monoisotopic (exact) mass is 152 g/mol. The van der Waals surface area contributed by atoms with E-state index in [1.165, 1.54) is 6.07 Å². The summed E-state index contributed by atoms with van der Waals surface area (Å²) in [5, 5.41) is 12.1. The molecule has 0 atom stereocenters. The third-order valence-corrected chi connectivity index (χ3v) is 1.19. The van der Waals surface area contributed by atoms with Gasteiger partial charge in [-0.15, -0.1) is 6.42 Å². The molecule has 0 aliphatic carbocycles. The average Bonchev–Trinajstić information content (AvgIpc) is 2.36. The van der Waals surface area contributed by atoms with Crippen molar-refractivity contribution in [2.75, 3.05) is 18.5 Å². The fourth-order valence-corrected chi connectivity index (χ4v) is 0.651. The Hall–Kier alpha value is -1.63.